The normalized spacial score (nSPS) is 34.0. The van der Waals surface area contributed by atoms with E-state index in [0.717, 1.165) is 17.8 Å². The predicted molar refractivity (Wildman–Crippen MR) is 64.4 cm³/mol. The Morgan fingerprint density at radius 2 is 1.87 bits per heavy atom. The van der Waals surface area contributed by atoms with Crippen LogP contribution in [0.2, 0.25) is 0 Å². The third-order valence-corrected chi connectivity index (χ3v) is 4.13. The van der Waals surface area contributed by atoms with Gasteiger partial charge in [-0.15, -0.1) is 0 Å². The van der Waals surface area contributed by atoms with E-state index in [1.54, 1.807) is 0 Å². The zero-order valence-electron chi connectivity index (χ0n) is 9.10. The Kier molecular flexibility index (Phi) is 2.36. The predicted octanol–water partition coefficient (Wildman–Crippen LogP) is 4.14. The minimum Gasteiger partial charge on any atom is -0.0805 e. The molecule has 0 N–H and O–H groups in total. The number of allylic oxidation sites excluding steroid dienone is 1. The van der Waals surface area contributed by atoms with Crippen LogP contribution in [0.15, 0.2) is 36.4 Å². The smallest absolute Gasteiger partial charge is 0.0199 e. The first-order valence-corrected chi connectivity index (χ1v) is 6.15. The lowest BCUT2D eigenvalue weighted by Crippen LogP contribution is -2.06. The summed E-state index contributed by atoms with van der Waals surface area (Å²) in [5.74, 6) is 2.94. The van der Waals surface area contributed by atoms with Crippen LogP contribution >= 0.6 is 0 Å². The van der Waals surface area contributed by atoms with Gasteiger partial charge in [0.25, 0.3) is 0 Å². The second-order valence-corrected chi connectivity index (χ2v) is 5.11. The van der Waals surface area contributed by atoms with Gasteiger partial charge in [-0.25, -0.2) is 0 Å². The SMILES string of the molecule is C(=C\[C@@H]1C[C@H]2CC[C@@H]1C2)/c1ccccc1. The zero-order valence-corrected chi connectivity index (χ0v) is 9.10. The standard InChI is InChI=1S/C15H18/c1-2-4-12(5-3-1)6-8-14-10-13-7-9-15(14)11-13/h1-6,8,13-15H,7,9-11H2/b8-6+/t13-,14-,15-/m1/s1. The highest BCUT2D eigenvalue weighted by Crippen LogP contribution is 2.48. The van der Waals surface area contributed by atoms with Crippen molar-refractivity contribution in [1.82, 2.24) is 0 Å². The second-order valence-electron chi connectivity index (χ2n) is 5.11. The highest BCUT2D eigenvalue weighted by molar-refractivity contribution is 5.49. The van der Waals surface area contributed by atoms with Crippen LogP contribution in [-0.2, 0) is 0 Å². The van der Waals surface area contributed by atoms with Crippen molar-refractivity contribution in [3.05, 3.63) is 42.0 Å². The van der Waals surface area contributed by atoms with E-state index in [1.165, 1.54) is 31.2 Å². The number of rotatable bonds is 2. The molecule has 3 rings (SSSR count). The summed E-state index contributed by atoms with van der Waals surface area (Å²) in [6, 6.07) is 10.7. The largest absolute Gasteiger partial charge is 0.0805 e. The first-order valence-electron chi connectivity index (χ1n) is 6.15. The van der Waals surface area contributed by atoms with E-state index >= 15 is 0 Å². The minimum absolute atomic E-state index is 0.879. The van der Waals surface area contributed by atoms with Crippen LogP contribution in [0.5, 0.6) is 0 Å². The molecule has 2 saturated carbocycles. The molecule has 0 amide bonds. The van der Waals surface area contributed by atoms with Crippen molar-refractivity contribution in [3.8, 4) is 0 Å². The van der Waals surface area contributed by atoms with Crippen LogP contribution in [0.4, 0.5) is 0 Å². The lowest BCUT2D eigenvalue weighted by Gasteiger charge is -2.17. The Morgan fingerprint density at radius 3 is 2.53 bits per heavy atom. The van der Waals surface area contributed by atoms with Crippen molar-refractivity contribution in [2.45, 2.75) is 25.7 Å². The molecule has 0 heteroatoms. The van der Waals surface area contributed by atoms with Gasteiger partial charge in [0.15, 0.2) is 0 Å². The van der Waals surface area contributed by atoms with Crippen LogP contribution in [0, 0.1) is 17.8 Å². The molecule has 2 aliphatic rings. The van der Waals surface area contributed by atoms with Crippen LogP contribution in [-0.4, -0.2) is 0 Å². The zero-order chi connectivity index (χ0) is 10.1. The fourth-order valence-corrected chi connectivity index (χ4v) is 3.33. The van der Waals surface area contributed by atoms with E-state index in [1.807, 2.05) is 0 Å². The molecule has 1 aromatic rings. The third kappa shape index (κ3) is 1.86. The number of fused-ring (bicyclic) bond motifs is 2. The lowest BCUT2D eigenvalue weighted by atomic mass is 9.88. The van der Waals surface area contributed by atoms with E-state index < -0.39 is 0 Å². The molecule has 0 saturated heterocycles. The summed E-state index contributed by atoms with van der Waals surface area (Å²) < 4.78 is 0. The molecule has 1 aromatic carbocycles. The Bertz CT molecular complexity index is 350. The quantitative estimate of drug-likeness (QED) is 0.670. The van der Waals surface area contributed by atoms with E-state index in [0.29, 0.717) is 0 Å². The van der Waals surface area contributed by atoms with Crippen LogP contribution in [0.1, 0.15) is 31.2 Å². The lowest BCUT2D eigenvalue weighted by molar-refractivity contribution is 0.396. The molecule has 2 bridgehead atoms. The van der Waals surface area contributed by atoms with Crippen molar-refractivity contribution in [3.63, 3.8) is 0 Å². The van der Waals surface area contributed by atoms with E-state index in [-0.39, 0.29) is 0 Å². The van der Waals surface area contributed by atoms with Crippen molar-refractivity contribution < 1.29 is 0 Å². The molecule has 2 aliphatic carbocycles. The van der Waals surface area contributed by atoms with Crippen molar-refractivity contribution in [2.75, 3.05) is 0 Å². The fraction of sp³-hybridized carbons (Fsp3) is 0.467. The molecular formula is C15H18. The topological polar surface area (TPSA) is 0 Å². The maximum absolute atomic E-state index is 2.46. The Morgan fingerprint density at radius 1 is 1.00 bits per heavy atom. The van der Waals surface area contributed by atoms with Gasteiger partial charge < -0.3 is 0 Å². The van der Waals surface area contributed by atoms with Crippen LogP contribution in [0.3, 0.4) is 0 Å². The summed E-state index contributed by atoms with van der Waals surface area (Å²) in [5, 5.41) is 0. The minimum atomic E-state index is 0.879. The number of hydrogen-bond donors (Lipinski definition) is 0. The monoisotopic (exact) mass is 198 g/mol. The fourth-order valence-electron chi connectivity index (χ4n) is 3.33. The highest BCUT2D eigenvalue weighted by atomic mass is 14.4. The summed E-state index contributed by atoms with van der Waals surface area (Å²) in [6.45, 7) is 0. The van der Waals surface area contributed by atoms with E-state index in [4.69, 9.17) is 0 Å². The molecular weight excluding hydrogens is 180 g/mol. The van der Waals surface area contributed by atoms with Gasteiger partial charge in [-0.3, -0.25) is 0 Å². The third-order valence-electron chi connectivity index (χ3n) is 4.13. The van der Waals surface area contributed by atoms with E-state index in [2.05, 4.69) is 42.5 Å². The summed E-state index contributed by atoms with van der Waals surface area (Å²) >= 11 is 0. The maximum Gasteiger partial charge on any atom is -0.0199 e. The Hall–Kier alpha value is -1.04. The average molecular weight is 198 g/mol. The van der Waals surface area contributed by atoms with E-state index in [9.17, 15) is 0 Å². The molecule has 3 atom stereocenters. The van der Waals surface area contributed by atoms with Gasteiger partial charge in [0.05, 0.1) is 0 Å². The van der Waals surface area contributed by atoms with Gasteiger partial charge in [-0.05, 0) is 42.6 Å². The summed E-state index contributed by atoms with van der Waals surface area (Å²) in [4.78, 5) is 0. The molecule has 2 fully saturated rings. The van der Waals surface area contributed by atoms with Crippen molar-refractivity contribution in [2.24, 2.45) is 17.8 Å². The average Bonchev–Trinajstić information content (AvgIpc) is 2.89. The molecule has 78 valence electrons. The first-order chi connectivity index (χ1) is 7.42. The molecule has 15 heavy (non-hydrogen) atoms. The van der Waals surface area contributed by atoms with Gasteiger partial charge in [-0.1, -0.05) is 48.9 Å². The van der Waals surface area contributed by atoms with Gasteiger partial charge in [-0.2, -0.15) is 0 Å². The molecule has 0 spiro atoms. The Balaban J connectivity index is 1.68. The molecule has 0 nitrogen and oxygen atoms in total. The summed E-state index contributed by atoms with van der Waals surface area (Å²) in [5.41, 5.74) is 1.35. The van der Waals surface area contributed by atoms with Crippen LogP contribution < -0.4 is 0 Å². The van der Waals surface area contributed by atoms with Gasteiger partial charge in [0, 0.05) is 0 Å². The van der Waals surface area contributed by atoms with Gasteiger partial charge >= 0.3 is 0 Å². The van der Waals surface area contributed by atoms with Gasteiger partial charge in [0.1, 0.15) is 0 Å². The van der Waals surface area contributed by atoms with Crippen LogP contribution in [0.25, 0.3) is 6.08 Å². The summed E-state index contributed by atoms with van der Waals surface area (Å²) in [6.07, 6.45) is 10.7. The van der Waals surface area contributed by atoms with Crippen molar-refractivity contribution in [1.29, 1.82) is 0 Å². The molecule has 0 radical (unpaired) electrons. The molecule has 0 heterocycles. The second kappa shape index (κ2) is 3.84. The van der Waals surface area contributed by atoms with Crippen molar-refractivity contribution >= 4 is 6.08 Å². The number of hydrogen-bond acceptors (Lipinski definition) is 0. The highest BCUT2D eigenvalue weighted by Gasteiger charge is 2.37. The molecule has 0 aromatic heterocycles. The number of benzene rings is 1. The molecule has 0 unspecified atom stereocenters. The summed E-state index contributed by atoms with van der Waals surface area (Å²) in [7, 11) is 0. The Labute approximate surface area is 92.0 Å². The molecule has 0 aliphatic heterocycles. The maximum atomic E-state index is 2.46. The first kappa shape index (κ1) is 9.21. The van der Waals surface area contributed by atoms with Gasteiger partial charge in [0.2, 0.25) is 0 Å².